The second-order valence-electron chi connectivity index (χ2n) is 7.08. The molecule has 4 rings (SSSR count). The van der Waals surface area contributed by atoms with Gasteiger partial charge in [0.05, 0.1) is 10.9 Å². The molecule has 8 heteroatoms. The third-order valence-electron chi connectivity index (χ3n) is 5.09. The second-order valence-corrected chi connectivity index (χ2v) is 8.76. The first-order chi connectivity index (χ1) is 14.4. The molecule has 0 spiro atoms. The van der Waals surface area contributed by atoms with Crippen LogP contribution in [-0.2, 0) is 10.0 Å². The smallest absolute Gasteiger partial charge is 0.261 e. The number of rotatable bonds is 5. The SMILES string of the molecule is O=C(c1ccc(NS(=O)(=O)c2ccc(F)cc2)cc1)N1CCCC1c1cccnc1. The van der Waals surface area contributed by atoms with E-state index in [1.165, 1.54) is 12.1 Å². The molecule has 0 radical (unpaired) electrons. The van der Waals surface area contributed by atoms with Crippen LogP contribution in [0.3, 0.4) is 0 Å². The van der Waals surface area contributed by atoms with Gasteiger partial charge in [-0.3, -0.25) is 14.5 Å². The van der Waals surface area contributed by atoms with E-state index in [0.717, 1.165) is 30.5 Å². The van der Waals surface area contributed by atoms with Crippen molar-refractivity contribution in [1.29, 1.82) is 0 Å². The van der Waals surface area contributed by atoms with Crippen LogP contribution in [0.4, 0.5) is 10.1 Å². The Hall–Kier alpha value is -3.26. The van der Waals surface area contributed by atoms with Crippen molar-refractivity contribution in [2.75, 3.05) is 11.3 Å². The van der Waals surface area contributed by atoms with E-state index in [4.69, 9.17) is 0 Å². The highest BCUT2D eigenvalue weighted by Crippen LogP contribution is 2.32. The van der Waals surface area contributed by atoms with E-state index in [2.05, 4.69) is 9.71 Å². The largest absolute Gasteiger partial charge is 0.332 e. The minimum Gasteiger partial charge on any atom is -0.332 e. The third kappa shape index (κ3) is 4.18. The lowest BCUT2D eigenvalue weighted by Crippen LogP contribution is -2.30. The maximum atomic E-state index is 13.0. The van der Waals surface area contributed by atoms with Crippen molar-refractivity contribution in [3.05, 3.63) is 90.0 Å². The van der Waals surface area contributed by atoms with Gasteiger partial charge in [0.15, 0.2) is 0 Å². The molecule has 1 N–H and O–H groups in total. The summed E-state index contributed by atoms with van der Waals surface area (Å²) in [7, 11) is -3.84. The molecule has 1 amide bonds. The summed E-state index contributed by atoms with van der Waals surface area (Å²) in [6.07, 6.45) is 5.29. The number of hydrogen-bond acceptors (Lipinski definition) is 4. The van der Waals surface area contributed by atoms with Gasteiger partial charge >= 0.3 is 0 Å². The van der Waals surface area contributed by atoms with Crippen LogP contribution in [0.15, 0.2) is 78.0 Å². The summed E-state index contributed by atoms with van der Waals surface area (Å²) < 4.78 is 40.3. The maximum absolute atomic E-state index is 13.0. The van der Waals surface area contributed by atoms with Gasteiger partial charge in [0.2, 0.25) is 0 Å². The summed E-state index contributed by atoms with van der Waals surface area (Å²) >= 11 is 0. The van der Waals surface area contributed by atoms with Crippen molar-refractivity contribution in [2.45, 2.75) is 23.8 Å². The highest BCUT2D eigenvalue weighted by atomic mass is 32.2. The molecule has 3 aromatic rings. The molecule has 0 saturated carbocycles. The van der Waals surface area contributed by atoms with Gasteiger partial charge in [0, 0.05) is 30.2 Å². The molecule has 2 aromatic carbocycles. The van der Waals surface area contributed by atoms with Gasteiger partial charge in [-0.1, -0.05) is 6.07 Å². The van der Waals surface area contributed by atoms with Crippen molar-refractivity contribution in [3.8, 4) is 0 Å². The number of aromatic nitrogens is 1. The Kier molecular flexibility index (Phi) is 5.50. The van der Waals surface area contributed by atoms with Crippen LogP contribution in [-0.4, -0.2) is 30.8 Å². The van der Waals surface area contributed by atoms with E-state index in [9.17, 15) is 17.6 Å². The Morgan fingerprint density at radius 1 is 1.07 bits per heavy atom. The average Bonchev–Trinajstić information content (AvgIpc) is 3.24. The first kappa shape index (κ1) is 20.0. The van der Waals surface area contributed by atoms with Crippen molar-refractivity contribution in [3.63, 3.8) is 0 Å². The Morgan fingerprint density at radius 2 is 1.80 bits per heavy atom. The van der Waals surface area contributed by atoms with E-state index < -0.39 is 15.8 Å². The minimum absolute atomic E-state index is 0.0112. The quantitative estimate of drug-likeness (QED) is 0.670. The van der Waals surface area contributed by atoms with Crippen molar-refractivity contribution in [2.24, 2.45) is 0 Å². The lowest BCUT2D eigenvalue weighted by molar-refractivity contribution is 0.0735. The molecule has 1 aliphatic rings. The molecule has 6 nitrogen and oxygen atoms in total. The van der Waals surface area contributed by atoms with E-state index in [0.29, 0.717) is 17.8 Å². The lowest BCUT2D eigenvalue weighted by atomic mass is 10.1. The molecule has 2 heterocycles. The summed E-state index contributed by atoms with van der Waals surface area (Å²) in [5.74, 6) is -0.613. The van der Waals surface area contributed by atoms with E-state index >= 15 is 0 Å². The van der Waals surface area contributed by atoms with Gasteiger partial charge in [-0.2, -0.15) is 0 Å². The molecule has 1 aliphatic heterocycles. The Balaban J connectivity index is 1.49. The monoisotopic (exact) mass is 425 g/mol. The fourth-order valence-electron chi connectivity index (χ4n) is 3.60. The number of anilines is 1. The third-order valence-corrected chi connectivity index (χ3v) is 6.49. The van der Waals surface area contributed by atoms with Crippen LogP contribution in [0.1, 0.15) is 34.8 Å². The molecule has 1 fully saturated rings. The van der Waals surface area contributed by atoms with Crippen LogP contribution in [0.25, 0.3) is 0 Å². The van der Waals surface area contributed by atoms with Gasteiger partial charge in [-0.25, -0.2) is 12.8 Å². The summed E-state index contributed by atoms with van der Waals surface area (Å²) in [5, 5.41) is 0. The molecule has 1 unspecified atom stereocenters. The normalized spacial score (nSPS) is 16.4. The predicted molar refractivity (Wildman–Crippen MR) is 111 cm³/mol. The van der Waals surface area contributed by atoms with E-state index in [-0.39, 0.29) is 16.8 Å². The van der Waals surface area contributed by atoms with E-state index in [1.54, 1.807) is 36.7 Å². The number of likely N-dealkylation sites (tertiary alicyclic amines) is 1. The van der Waals surface area contributed by atoms with Crippen LogP contribution in [0.2, 0.25) is 0 Å². The topological polar surface area (TPSA) is 79.4 Å². The number of carbonyl (C=O) groups excluding carboxylic acids is 1. The fourth-order valence-corrected chi connectivity index (χ4v) is 4.66. The number of hydrogen-bond donors (Lipinski definition) is 1. The van der Waals surface area contributed by atoms with Gasteiger partial charge in [-0.15, -0.1) is 0 Å². The van der Waals surface area contributed by atoms with Crippen molar-refractivity contribution < 1.29 is 17.6 Å². The zero-order chi connectivity index (χ0) is 21.1. The maximum Gasteiger partial charge on any atom is 0.261 e. The lowest BCUT2D eigenvalue weighted by Gasteiger charge is -2.25. The highest BCUT2D eigenvalue weighted by Gasteiger charge is 2.30. The number of carbonyl (C=O) groups is 1. The highest BCUT2D eigenvalue weighted by molar-refractivity contribution is 7.92. The van der Waals surface area contributed by atoms with E-state index in [1.807, 2.05) is 17.0 Å². The van der Waals surface area contributed by atoms with Crippen LogP contribution in [0.5, 0.6) is 0 Å². The molecular weight excluding hydrogens is 405 g/mol. The molecule has 0 aliphatic carbocycles. The molecule has 30 heavy (non-hydrogen) atoms. The number of halogens is 1. The molecule has 154 valence electrons. The molecule has 1 atom stereocenters. The van der Waals surface area contributed by atoms with Crippen molar-refractivity contribution >= 4 is 21.6 Å². The standard InChI is InChI=1S/C22H20FN3O3S/c23-18-7-11-20(12-8-18)30(28,29)25-19-9-5-16(6-10-19)22(27)26-14-2-4-21(26)17-3-1-13-24-15-17/h1,3,5-13,15,21,25H,2,4,14H2. The summed E-state index contributed by atoms with van der Waals surface area (Å²) in [4.78, 5) is 18.9. The second kappa shape index (κ2) is 8.23. The predicted octanol–water partition coefficient (Wildman–Crippen LogP) is 4.00. The minimum atomic E-state index is -3.84. The molecular formula is C22H20FN3O3S. The number of nitrogens with one attached hydrogen (secondary N) is 1. The van der Waals surface area contributed by atoms with Gasteiger partial charge in [-0.05, 0) is 73.0 Å². The fraction of sp³-hybridized carbons (Fsp3) is 0.182. The van der Waals surface area contributed by atoms with Gasteiger partial charge in [0.1, 0.15) is 5.82 Å². The zero-order valence-electron chi connectivity index (χ0n) is 16.0. The Morgan fingerprint density at radius 3 is 2.47 bits per heavy atom. The van der Waals surface area contributed by atoms with Gasteiger partial charge in [0.25, 0.3) is 15.9 Å². The Labute approximate surface area is 174 Å². The zero-order valence-corrected chi connectivity index (χ0v) is 16.8. The summed E-state index contributed by atoms with van der Waals surface area (Å²) in [6, 6.07) is 14.7. The number of sulfonamides is 1. The average molecular weight is 425 g/mol. The first-order valence-electron chi connectivity index (χ1n) is 9.53. The molecule has 1 aromatic heterocycles. The number of benzene rings is 2. The Bertz CT molecular complexity index is 1130. The summed E-state index contributed by atoms with van der Waals surface area (Å²) in [5.41, 5.74) is 1.81. The summed E-state index contributed by atoms with van der Waals surface area (Å²) in [6.45, 7) is 0.664. The number of nitrogens with zero attached hydrogens (tertiary/aromatic N) is 2. The van der Waals surface area contributed by atoms with Crippen LogP contribution < -0.4 is 4.72 Å². The molecule has 1 saturated heterocycles. The van der Waals surface area contributed by atoms with Gasteiger partial charge < -0.3 is 4.90 Å². The first-order valence-corrected chi connectivity index (χ1v) is 11.0. The number of pyridine rings is 1. The molecule has 0 bridgehead atoms. The van der Waals surface area contributed by atoms with Crippen LogP contribution >= 0.6 is 0 Å². The number of amides is 1. The van der Waals surface area contributed by atoms with Crippen LogP contribution in [0, 0.1) is 5.82 Å². The van der Waals surface area contributed by atoms with Crippen molar-refractivity contribution in [1.82, 2.24) is 9.88 Å².